The van der Waals surface area contributed by atoms with Crippen molar-refractivity contribution < 1.29 is 29.4 Å². The molecule has 0 aliphatic heterocycles. The molecule has 39 heavy (non-hydrogen) atoms. The van der Waals surface area contributed by atoms with Crippen LogP contribution in [-0.4, -0.2) is 79.1 Å². The van der Waals surface area contributed by atoms with E-state index in [-0.39, 0.29) is 12.8 Å². The summed E-state index contributed by atoms with van der Waals surface area (Å²) in [4.78, 5) is 60.9. The van der Waals surface area contributed by atoms with Crippen LogP contribution in [0.2, 0.25) is 0 Å². The lowest BCUT2D eigenvalue weighted by atomic mass is 9.99. The highest BCUT2D eigenvalue weighted by Gasteiger charge is 2.33. The number of carboxylic acids is 1. The van der Waals surface area contributed by atoms with Crippen molar-refractivity contribution in [2.75, 3.05) is 0 Å². The molecule has 0 bridgehead atoms. The van der Waals surface area contributed by atoms with Crippen molar-refractivity contribution in [3.05, 3.63) is 54.2 Å². The second-order valence-corrected chi connectivity index (χ2v) is 9.80. The normalized spacial score (nSPS) is 15.2. The number of aliphatic hydroxyl groups excluding tert-OH is 1. The van der Waals surface area contributed by atoms with Gasteiger partial charge in [0.25, 0.3) is 0 Å². The number of hydrogen-bond donors (Lipinski definition) is 8. The molecule has 0 spiro atoms. The first-order valence-corrected chi connectivity index (χ1v) is 12.6. The SMILES string of the molecule is CC(C)C(NC(=O)C(Cc1c[nH]c2ccccc12)NC(=O)C(N)C(C)O)C(=O)NC(Cc1cnc[nH]1)C(=O)O. The van der Waals surface area contributed by atoms with Crippen molar-refractivity contribution >= 4 is 34.6 Å². The van der Waals surface area contributed by atoms with E-state index in [4.69, 9.17) is 5.73 Å². The molecule has 3 aromatic rings. The third kappa shape index (κ3) is 7.65. The predicted molar refractivity (Wildman–Crippen MR) is 142 cm³/mol. The fraction of sp³-hybridized carbons (Fsp3) is 0.423. The minimum absolute atomic E-state index is 0.0314. The number of nitrogens with one attached hydrogen (secondary N) is 5. The van der Waals surface area contributed by atoms with Crippen LogP contribution < -0.4 is 21.7 Å². The van der Waals surface area contributed by atoms with Gasteiger partial charge in [-0.15, -0.1) is 0 Å². The fourth-order valence-electron chi connectivity index (χ4n) is 4.08. The number of aliphatic hydroxyl groups is 1. The maximum absolute atomic E-state index is 13.5. The van der Waals surface area contributed by atoms with Gasteiger partial charge in [-0.05, 0) is 24.5 Å². The number of carbonyl (C=O) groups excluding carboxylic acids is 3. The molecule has 2 aromatic heterocycles. The third-order valence-corrected chi connectivity index (χ3v) is 6.39. The molecule has 3 amide bonds. The Labute approximate surface area is 225 Å². The van der Waals surface area contributed by atoms with Crippen LogP contribution in [0, 0.1) is 5.92 Å². The Morgan fingerprint density at radius 2 is 1.64 bits per heavy atom. The molecular weight excluding hydrogens is 506 g/mol. The Morgan fingerprint density at radius 1 is 0.949 bits per heavy atom. The number of carbonyl (C=O) groups is 4. The molecule has 9 N–H and O–H groups in total. The zero-order chi connectivity index (χ0) is 28.7. The van der Waals surface area contributed by atoms with Gasteiger partial charge in [0.05, 0.1) is 12.4 Å². The number of aromatic nitrogens is 3. The van der Waals surface area contributed by atoms with E-state index in [9.17, 15) is 29.4 Å². The van der Waals surface area contributed by atoms with E-state index in [0.29, 0.717) is 5.69 Å². The van der Waals surface area contributed by atoms with E-state index in [1.165, 1.54) is 19.4 Å². The molecule has 2 heterocycles. The number of H-pyrrole nitrogens is 2. The number of amides is 3. The van der Waals surface area contributed by atoms with Gasteiger partial charge in [-0.25, -0.2) is 9.78 Å². The van der Waals surface area contributed by atoms with Crippen LogP contribution in [0.3, 0.4) is 0 Å². The smallest absolute Gasteiger partial charge is 0.326 e. The van der Waals surface area contributed by atoms with Crippen LogP contribution >= 0.6 is 0 Å². The van der Waals surface area contributed by atoms with Crippen molar-refractivity contribution in [2.24, 2.45) is 11.7 Å². The Morgan fingerprint density at radius 3 is 2.26 bits per heavy atom. The van der Waals surface area contributed by atoms with Gasteiger partial charge in [0.15, 0.2) is 0 Å². The first-order chi connectivity index (χ1) is 18.5. The van der Waals surface area contributed by atoms with Crippen LogP contribution in [0.25, 0.3) is 10.9 Å². The maximum atomic E-state index is 13.5. The third-order valence-electron chi connectivity index (χ3n) is 6.39. The van der Waals surface area contributed by atoms with E-state index in [1.54, 1.807) is 20.0 Å². The lowest BCUT2D eigenvalue weighted by molar-refractivity contribution is -0.142. The Hall–Kier alpha value is -4.23. The second-order valence-electron chi connectivity index (χ2n) is 9.80. The topological polar surface area (TPSA) is 215 Å². The summed E-state index contributed by atoms with van der Waals surface area (Å²) in [6, 6.07) is 2.67. The van der Waals surface area contributed by atoms with E-state index in [1.807, 2.05) is 24.3 Å². The minimum atomic E-state index is -1.27. The van der Waals surface area contributed by atoms with E-state index in [2.05, 4.69) is 30.9 Å². The average molecular weight is 542 g/mol. The number of fused-ring (bicyclic) bond motifs is 1. The van der Waals surface area contributed by atoms with Gasteiger partial charge < -0.3 is 41.9 Å². The van der Waals surface area contributed by atoms with Crippen molar-refractivity contribution in [3.8, 4) is 0 Å². The number of nitrogens with zero attached hydrogens (tertiary/aromatic N) is 1. The molecule has 210 valence electrons. The van der Waals surface area contributed by atoms with Gasteiger partial charge >= 0.3 is 5.97 Å². The minimum Gasteiger partial charge on any atom is -0.480 e. The highest BCUT2D eigenvalue weighted by atomic mass is 16.4. The molecule has 5 atom stereocenters. The molecule has 1 aromatic carbocycles. The fourth-order valence-corrected chi connectivity index (χ4v) is 4.08. The van der Waals surface area contributed by atoms with Crippen molar-refractivity contribution in [3.63, 3.8) is 0 Å². The highest BCUT2D eigenvalue weighted by Crippen LogP contribution is 2.19. The number of imidazole rings is 1. The van der Waals surface area contributed by atoms with Gasteiger partial charge in [-0.3, -0.25) is 14.4 Å². The van der Waals surface area contributed by atoms with Crippen LogP contribution in [0.4, 0.5) is 0 Å². The highest BCUT2D eigenvalue weighted by molar-refractivity contribution is 5.95. The quantitative estimate of drug-likeness (QED) is 0.142. The lowest BCUT2D eigenvalue weighted by Crippen LogP contribution is -2.59. The number of rotatable bonds is 13. The second kappa shape index (κ2) is 13.0. The molecule has 13 heteroatoms. The summed E-state index contributed by atoms with van der Waals surface area (Å²) < 4.78 is 0. The van der Waals surface area contributed by atoms with Crippen molar-refractivity contribution in [1.29, 1.82) is 0 Å². The lowest BCUT2D eigenvalue weighted by Gasteiger charge is -2.27. The largest absolute Gasteiger partial charge is 0.480 e. The summed E-state index contributed by atoms with van der Waals surface area (Å²) in [5.41, 5.74) is 7.89. The summed E-state index contributed by atoms with van der Waals surface area (Å²) in [7, 11) is 0. The summed E-state index contributed by atoms with van der Waals surface area (Å²) in [6.45, 7) is 4.76. The summed E-state index contributed by atoms with van der Waals surface area (Å²) >= 11 is 0. The number of nitrogens with two attached hydrogens (primary N) is 1. The average Bonchev–Trinajstić information content (AvgIpc) is 3.55. The molecule has 0 saturated heterocycles. The summed E-state index contributed by atoms with van der Waals surface area (Å²) in [5.74, 6) is -3.76. The van der Waals surface area contributed by atoms with Gasteiger partial charge in [-0.1, -0.05) is 32.0 Å². The van der Waals surface area contributed by atoms with E-state index in [0.717, 1.165) is 16.5 Å². The molecular formula is C26H35N7O6. The Bertz CT molecular complexity index is 1290. The zero-order valence-corrected chi connectivity index (χ0v) is 22.0. The Balaban J connectivity index is 1.80. The number of aliphatic carboxylic acids is 1. The molecule has 0 fully saturated rings. The first kappa shape index (κ1) is 29.3. The van der Waals surface area contributed by atoms with Gasteiger partial charge in [0, 0.05) is 41.8 Å². The van der Waals surface area contributed by atoms with E-state index < -0.39 is 59.9 Å². The van der Waals surface area contributed by atoms with Gasteiger partial charge in [0.2, 0.25) is 17.7 Å². The number of aromatic amines is 2. The molecule has 0 saturated carbocycles. The standard InChI is InChI=1S/C26H35N7O6/c1-13(2)22(25(37)32-20(26(38)39)9-16-11-28-12-30-16)33-23(35)19(31-24(36)21(27)14(3)34)8-15-10-29-18-7-5-4-6-17(15)18/h4-7,10-14,19-22,29,34H,8-9,27H2,1-3H3,(H,28,30)(H,31,36)(H,32,37)(H,33,35)(H,38,39). The van der Waals surface area contributed by atoms with Crippen molar-refractivity contribution in [1.82, 2.24) is 30.9 Å². The van der Waals surface area contributed by atoms with Gasteiger partial charge in [0.1, 0.15) is 24.2 Å². The number of para-hydroxylation sites is 1. The zero-order valence-electron chi connectivity index (χ0n) is 22.0. The molecule has 13 nitrogen and oxygen atoms in total. The van der Waals surface area contributed by atoms with Crippen molar-refractivity contribution in [2.45, 2.75) is 63.9 Å². The number of carboxylic acid groups (broad SMARTS) is 1. The summed E-state index contributed by atoms with van der Waals surface area (Å²) in [5, 5.41) is 27.9. The van der Waals surface area contributed by atoms with Crippen LogP contribution in [0.15, 0.2) is 43.0 Å². The van der Waals surface area contributed by atoms with Gasteiger partial charge in [-0.2, -0.15) is 0 Å². The molecule has 5 unspecified atom stereocenters. The predicted octanol–water partition coefficient (Wildman–Crippen LogP) is -0.421. The molecule has 3 rings (SSSR count). The number of hydrogen-bond acceptors (Lipinski definition) is 7. The molecule has 0 radical (unpaired) electrons. The summed E-state index contributed by atoms with van der Waals surface area (Å²) in [6.07, 6.45) is 3.47. The van der Waals surface area contributed by atoms with Crippen LogP contribution in [0.5, 0.6) is 0 Å². The Kier molecular flexibility index (Phi) is 9.79. The first-order valence-electron chi connectivity index (χ1n) is 12.6. The number of benzene rings is 1. The van der Waals surface area contributed by atoms with Crippen LogP contribution in [0.1, 0.15) is 32.0 Å². The maximum Gasteiger partial charge on any atom is 0.326 e. The molecule has 0 aliphatic carbocycles. The van der Waals surface area contributed by atoms with Crippen LogP contribution in [-0.2, 0) is 32.0 Å². The monoisotopic (exact) mass is 541 g/mol. The van der Waals surface area contributed by atoms with E-state index >= 15 is 0 Å². The molecule has 0 aliphatic rings.